The molecule has 0 fully saturated rings. The number of rotatable bonds is 7. The van der Waals surface area contributed by atoms with Crippen LogP contribution in [0.4, 0.5) is 5.95 Å². The van der Waals surface area contributed by atoms with Crippen LogP contribution in [-0.4, -0.2) is 33.8 Å². The third-order valence-electron chi connectivity index (χ3n) is 2.43. The van der Waals surface area contributed by atoms with Crippen molar-refractivity contribution < 1.29 is 5.11 Å². The van der Waals surface area contributed by atoms with Gasteiger partial charge in [-0.25, -0.2) is 9.97 Å². The van der Waals surface area contributed by atoms with Crippen molar-refractivity contribution >= 4 is 5.95 Å². The zero-order valence-electron chi connectivity index (χ0n) is 10.8. The Morgan fingerprint density at radius 3 is 2.41 bits per heavy atom. The zero-order valence-corrected chi connectivity index (χ0v) is 10.8. The van der Waals surface area contributed by atoms with E-state index in [9.17, 15) is 0 Å². The first-order chi connectivity index (χ1) is 8.15. The molecular formula is C12H22N4O. The lowest BCUT2D eigenvalue weighted by Gasteiger charge is -2.13. The first kappa shape index (κ1) is 13.9. The van der Waals surface area contributed by atoms with Gasteiger partial charge in [0.2, 0.25) is 5.95 Å². The van der Waals surface area contributed by atoms with Crippen molar-refractivity contribution in [2.24, 2.45) is 0 Å². The summed E-state index contributed by atoms with van der Waals surface area (Å²) in [5, 5.41) is 15.4. The summed E-state index contributed by atoms with van der Waals surface area (Å²) in [5.74, 6) is 0.651. The Hall–Kier alpha value is -1.20. The molecule has 1 atom stereocenters. The number of aliphatic hydroxyl groups excluding tert-OH is 1. The van der Waals surface area contributed by atoms with E-state index >= 15 is 0 Å². The van der Waals surface area contributed by atoms with Crippen LogP contribution in [0.2, 0.25) is 0 Å². The second-order valence-electron chi connectivity index (χ2n) is 4.38. The van der Waals surface area contributed by atoms with Crippen molar-refractivity contribution in [1.82, 2.24) is 15.3 Å². The van der Waals surface area contributed by atoms with Gasteiger partial charge in [0, 0.05) is 36.6 Å². The Morgan fingerprint density at radius 1 is 1.29 bits per heavy atom. The summed E-state index contributed by atoms with van der Waals surface area (Å²) in [4.78, 5) is 8.45. The van der Waals surface area contributed by atoms with Gasteiger partial charge in [-0.05, 0) is 20.3 Å². The molecule has 0 spiro atoms. The minimum Gasteiger partial charge on any atom is -0.395 e. The van der Waals surface area contributed by atoms with Crippen LogP contribution in [0.1, 0.15) is 32.8 Å². The molecule has 0 bridgehead atoms. The third-order valence-corrected chi connectivity index (χ3v) is 2.43. The van der Waals surface area contributed by atoms with Crippen LogP contribution < -0.4 is 10.6 Å². The van der Waals surface area contributed by atoms with Crippen molar-refractivity contribution in [2.75, 3.05) is 11.9 Å². The number of aliphatic hydroxyl groups is 1. The molecule has 1 rings (SSSR count). The molecule has 0 saturated heterocycles. The lowest BCUT2D eigenvalue weighted by Crippen LogP contribution is -2.31. The van der Waals surface area contributed by atoms with E-state index in [-0.39, 0.29) is 12.6 Å². The van der Waals surface area contributed by atoms with Gasteiger partial charge in [-0.2, -0.15) is 0 Å². The molecule has 1 heterocycles. The Bertz CT molecular complexity index is 309. The normalized spacial score (nSPS) is 12.8. The Morgan fingerprint density at radius 2 is 1.94 bits per heavy atom. The van der Waals surface area contributed by atoms with E-state index in [4.69, 9.17) is 5.11 Å². The summed E-state index contributed by atoms with van der Waals surface area (Å²) in [5.41, 5.74) is 1.02. The van der Waals surface area contributed by atoms with E-state index in [2.05, 4.69) is 20.6 Å². The van der Waals surface area contributed by atoms with Gasteiger partial charge in [-0.15, -0.1) is 0 Å². The molecule has 0 radical (unpaired) electrons. The van der Waals surface area contributed by atoms with Crippen LogP contribution in [0.3, 0.4) is 0 Å². The number of nitrogens with one attached hydrogen (secondary N) is 2. The molecule has 1 unspecified atom stereocenters. The molecule has 0 aliphatic heterocycles. The number of anilines is 1. The zero-order chi connectivity index (χ0) is 12.7. The van der Waals surface area contributed by atoms with E-state index in [0.29, 0.717) is 18.5 Å². The van der Waals surface area contributed by atoms with E-state index in [0.717, 1.165) is 12.0 Å². The molecule has 1 aromatic rings. The van der Waals surface area contributed by atoms with E-state index in [1.54, 1.807) is 12.4 Å². The maximum atomic E-state index is 9.04. The quantitative estimate of drug-likeness (QED) is 0.665. The first-order valence-electron chi connectivity index (χ1n) is 6.07. The molecule has 0 aliphatic rings. The largest absolute Gasteiger partial charge is 0.395 e. The molecule has 1 aromatic heterocycles. The molecule has 0 amide bonds. The lowest BCUT2D eigenvalue weighted by atomic mass is 10.2. The van der Waals surface area contributed by atoms with Gasteiger partial charge >= 0.3 is 0 Å². The van der Waals surface area contributed by atoms with Crippen molar-refractivity contribution in [3.8, 4) is 0 Å². The maximum absolute atomic E-state index is 9.04. The number of nitrogens with zero attached hydrogens (tertiary/aromatic N) is 2. The van der Waals surface area contributed by atoms with Gasteiger partial charge in [0.25, 0.3) is 0 Å². The molecule has 96 valence electrons. The first-order valence-corrected chi connectivity index (χ1v) is 6.07. The van der Waals surface area contributed by atoms with Gasteiger partial charge < -0.3 is 15.7 Å². The number of aromatic nitrogens is 2. The van der Waals surface area contributed by atoms with Crippen molar-refractivity contribution in [3.63, 3.8) is 0 Å². The van der Waals surface area contributed by atoms with Crippen LogP contribution in [0.25, 0.3) is 0 Å². The second-order valence-corrected chi connectivity index (χ2v) is 4.38. The highest BCUT2D eigenvalue weighted by Gasteiger charge is 2.04. The maximum Gasteiger partial charge on any atom is 0.222 e. The summed E-state index contributed by atoms with van der Waals surface area (Å²) in [6.07, 6.45) is 4.51. The predicted molar refractivity (Wildman–Crippen MR) is 68.8 cm³/mol. The highest BCUT2D eigenvalue weighted by atomic mass is 16.3. The van der Waals surface area contributed by atoms with Gasteiger partial charge in [0.15, 0.2) is 0 Å². The van der Waals surface area contributed by atoms with Gasteiger partial charge in [0.1, 0.15) is 0 Å². The molecule has 5 heteroatoms. The topological polar surface area (TPSA) is 70.1 Å². The van der Waals surface area contributed by atoms with Crippen LogP contribution >= 0.6 is 0 Å². The van der Waals surface area contributed by atoms with Crippen molar-refractivity contribution in [2.45, 2.75) is 45.8 Å². The molecule has 0 saturated carbocycles. The molecule has 0 aromatic carbocycles. The van der Waals surface area contributed by atoms with Crippen LogP contribution in [-0.2, 0) is 6.54 Å². The molecular weight excluding hydrogens is 216 g/mol. The summed E-state index contributed by atoms with van der Waals surface area (Å²) in [6, 6.07) is 0.473. The Balaban J connectivity index is 2.45. The van der Waals surface area contributed by atoms with E-state index < -0.39 is 0 Å². The predicted octanol–water partition coefficient (Wildman–Crippen LogP) is 1.16. The molecule has 5 nitrogen and oxygen atoms in total. The minimum atomic E-state index is 0.142. The summed E-state index contributed by atoms with van der Waals surface area (Å²) < 4.78 is 0. The highest BCUT2D eigenvalue weighted by Crippen LogP contribution is 2.02. The fourth-order valence-electron chi connectivity index (χ4n) is 1.38. The Kier molecular flexibility index (Phi) is 5.86. The lowest BCUT2D eigenvalue weighted by molar-refractivity contribution is 0.238. The summed E-state index contributed by atoms with van der Waals surface area (Å²) in [7, 11) is 0. The molecule has 17 heavy (non-hydrogen) atoms. The SMILES string of the molecule is CCC(CO)NCc1cnc(NC(C)C)nc1. The number of hydrogen-bond donors (Lipinski definition) is 3. The standard InChI is InChI=1S/C12H22N4O/c1-4-11(8-17)13-5-10-6-14-12(15-7-10)16-9(2)3/h6-7,9,11,13,17H,4-5,8H2,1-3H3,(H,14,15,16). The van der Waals surface area contributed by atoms with Gasteiger partial charge in [-0.1, -0.05) is 6.92 Å². The smallest absolute Gasteiger partial charge is 0.222 e. The van der Waals surface area contributed by atoms with Crippen molar-refractivity contribution in [3.05, 3.63) is 18.0 Å². The molecule has 0 aliphatic carbocycles. The van der Waals surface area contributed by atoms with Crippen molar-refractivity contribution in [1.29, 1.82) is 0 Å². The fourth-order valence-corrected chi connectivity index (χ4v) is 1.38. The van der Waals surface area contributed by atoms with Gasteiger partial charge in [0.05, 0.1) is 6.61 Å². The molecule has 3 N–H and O–H groups in total. The summed E-state index contributed by atoms with van der Waals surface area (Å²) in [6.45, 7) is 6.98. The minimum absolute atomic E-state index is 0.142. The van der Waals surface area contributed by atoms with Crippen LogP contribution in [0.5, 0.6) is 0 Å². The highest BCUT2D eigenvalue weighted by molar-refractivity contribution is 5.25. The average Bonchev–Trinajstić information content (AvgIpc) is 2.32. The monoisotopic (exact) mass is 238 g/mol. The average molecular weight is 238 g/mol. The van der Waals surface area contributed by atoms with Crippen LogP contribution in [0.15, 0.2) is 12.4 Å². The Labute approximate surface area is 103 Å². The van der Waals surface area contributed by atoms with E-state index in [1.807, 2.05) is 20.8 Å². The summed E-state index contributed by atoms with van der Waals surface area (Å²) >= 11 is 0. The third kappa shape index (κ3) is 5.10. The van der Waals surface area contributed by atoms with Gasteiger partial charge in [-0.3, -0.25) is 0 Å². The number of hydrogen-bond acceptors (Lipinski definition) is 5. The van der Waals surface area contributed by atoms with Crippen LogP contribution in [0, 0.1) is 0 Å². The fraction of sp³-hybridized carbons (Fsp3) is 0.667. The van der Waals surface area contributed by atoms with E-state index in [1.165, 1.54) is 0 Å². The second kappa shape index (κ2) is 7.19.